The van der Waals surface area contributed by atoms with E-state index in [4.69, 9.17) is 9.47 Å². The van der Waals surface area contributed by atoms with Crippen molar-refractivity contribution in [2.75, 3.05) is 14.2 Å². The van der Waals surface area contributed by atoms with E-state index in [9.17, 15) is 18.0 Å². The van der Waals surface area contributed by atoms with Crippen molar-refractivity contribution in [2.45, 2.75) is 18.9 Å². The van der Waals surface area contributed by atoms with Crippen LogP contribution in [-0.4, -0.2) is 32.5 Å². The van der Waals surface area contributed by atoms with E-state index in [1.807, 2.05) is 0 Å². The third-order valence-corrected chi connectivity index (χ3v) is 1.40. The molecule has 0 bridgehead atoms. The summed E-state index contributed by atoms with van der Waals surface area (Å²) in [5.74, 6) is -1.89. The molecule has 0 N–H and O–H groups in total. The number of ether oxygens (including phenoxy) is 2. The van der Waals surface area contributed by atoms with Crippen molar-refractivity contribution in [2.24, 2.45) is 0 Å². The summed E-state index contributed by atoms with van der Waals surface area (Å²) in [6.07, 6.45) is -3.83. The van der Waals surface area contributed by atoms with Gasteiger partial charge in [-0.05, 0) is 6.08 Å². The Kier molecular flexibility index (Phi) is 5.40. The summed E-state index contributed by atoms with van der Waals surface area (Å²) < 4.78 is 44.4. The predicted octanol–water partition coefficient (Wildman–Crippen LogP) is 1.68. The van der Waals surface area contributed by atoms with Crippen LogP contribution in [0.2, 0.25) is 0 Å². The molecule has 0 saturated carbocycles. The second-order valence-corrected chi connectivity index (χ2v) is 2.40. The summed E-state index contributed by atoms with van der Waals surface area (Å²) in [5.41, 5.74) is 0. The lowest BCUT2D eigenvalue weighted by atomic mass is 10.3. The van der Waals surface area contributed by atoms with Crippen LogP contribution in [0.25, 0.3) is 0 Å². The molecule has 14 heavy (non-hydrogen) atoms. The minimum Gasteiger partial charge on any atom is -0.356 e. The number of rotatable bonds is 5. The Morgan fingerprint density at radius 3 is 2.21 bits per heavy atom. The van der Waals surface area contributed by atoms with Gasteiger partial charge in [-0.15, -0.1) is 0 Å². The molecule has 0 fully saturated rings. The molecule has 0 aromatic rings. The maximum Gasteiger partial charge on any atom is 0.454 e. The monoisotopic (exact) mass is 212 g/mol. The van der Waals surface area contributed by atoms with Crippen LogP contribution in [-0.2, 0) is 14.3 Å². The van der Waals surface area contributed by atoms with Gasteiger partial charge >= 0.3 is 6.18 Å². The average Bonchev–Trinajstić information content (AvgIpc) is 2.10. The molecule has 0 amide bonds. The number of alkyl halides is 3. The smallest absolute Gasteiger partial charge is 0.356 e. The Morgan fingerprint density at radius 2 is 1.86 bits per heavy atom. The van der Waals surface area contributed by atoms with Gasteiger partial charge in [-0.3, -0.25) is 4.79 Å². The van der Waals surface area contributed by atoms with Gasteiger partial charge in [-0.1, -0.05) is 6.08 Å². The summed E-state index contributed by atoms with van der Waals surface area (Å²) in [7, 11) is 2.71. The van der Waals surface area contributed by atoms with Gasteiger partial charge in [0.15, 0.2) is 6.29 Å². The number of hydrogen-bond donors (Lipinski definition) is 0. The zero-order valence-electron chi connectivity index (χ0n) is 7.80. The second kappa shape index (κ2) is 5.77. The minimum atomic E-state index is -4.81. The van der Waals surface area contributed by atoms with Crippen LogP contribution in [0.15, 0.2) is 12.2 Å². The fraction of sp³-hybridized carbons (Fsp3) is 0.625. The standard InChI is InChI=1S/C8H11F3O3/c1-13-7(14-2)5-3-4-6(12)8(9,10)11/h3-4,7H,5H2,1-2H3/b4-3+. The molecule has 0 radical (unpaired) electrons. The maximum absolute atomic E-state index is 11.7. The minimum absolute atomic E-state index is 0.0921. The van der Waals surface area contributed by atoms with Gasteiger partial charge in [0.1, 0.15) is 0 Å². The first kappa shape index (κ1) is 13.1. The number of hydrogen-bond acceptors (Lipinski definition) is 3. The molecule has 0 heterocycles. The molecule has 0 aliphatic carbocycles. The predicted molar refractivity (Wildman–Crippen MR) is 42.6 cm³/mol. The number of allylic oxidation sites excluding steroid dienone is 1. The first-order valence-corrected chi connectivity index (χ1v) is 3.75. The zero-order valence-corrected chi connectivity index (χ0v) is 7.80. The quantitative estimate of drug-likeness (QED) is 0.513. The molecule has 6 heteroatoms. The average molecular weight is 212 g/mol. The molecule has 0 atom stereocenters. The van der Waals surface area contributed by atoms with Gasteiger partial charge in [0.05, 0.1) is 0 Å². The van der Waals surface area contributed by atoms with Crippen LogP contribution in [0.4, 0.5) is 13.2 Å². The van der Waals surface area contributed by atoms with E-state index in [0.29, 0.717) is 6.08 Å². The fourth-order valence-corrected chi connectivity index (χ4v) is 0.669. The van der Waals surface area contributed by atoms with Crippen LogP contribution in [0, 0.1) is 0 Å². The van der Waals surface area contributed by atoms with Crippen molar-refractivity contribution in [1.29, 1.82) is 0 Å². The Morgan fingerprint density at radius 1 is 1.36 bits per heavy atom. The molecule has 0 aromatic carbocycles. The molecule has 82 valence electrons. The van der Waals surface area contributed by atoms with E-state index in [1.54, 1.807) is 0 Å². The summed E-state index contributed by atoms with van der Waals surface area (Å²) in [6, 6.07) is 0. The number of halogens is 3. The van der Waals surface area contributed by atoms with Crippen LogP contribution in [0.5, 0.6) is 0 Å². The van der Waals surface area contributed by atoms with Crippen molar-refractivity contribution < 1.29 is 27.4 Å². The highest BCUT2D eigenvalue weighted by Gasteiger charge is 2.35. The van der Waals surface area contributed by atoms with E-state index in [1.165, 1.54) is 14.2 Å². The van der Waals surface area contributed by atoms with Crippen molar-refractivity contribution in [3.05, 3.63) is 12.2 Å². The Bertz CT molecular complexity index is 206. The van der Waals surface area contributed by atoms with Crippen molar-refractivity contribution in [1.82, 2.24) is 0 Å². The van der Waals surface area contributed by atoms with E-state index < -0.39 is 18.2 Å². The molecule has 0 aliphatic heterocycles. The normalized spacial score (nSPS) is 12.7. The lowest BCUT2D eigenvalue weighted by Gasteiger charge is -2.09. The number of carbonyl (C=O) groups is 1. The van der Waals surface area contributed by atoms with E-state index >= 15 is 0 Å². The van der Waals surface area contributed by atoms with Crippen molar-refractivity contribution >= 4 is 5.78 Å². The van der Waals surface area contributed by atoms with E-state index in [-0.39, 0.29) is 6.42 Å². The van der Waals surface area contributed by atoms with Gasteiger partial charge < -0.3 is 9.47 Å². The zero-order chi connectivity index (χ0) is 11.2. The SMILES string of the molecule is COC(C/C=C/C(=O)C(F)(F)F)OC. The van der Waals surface area contributed by atoms with Gasteiger partial charge in [-0.25, -0.2) is 0 Å². The molecular weight excluding hydrogens is 201 g/mol. The highest BCUT2D eigenvalue weighted by atomic mass is 19.4. The first-order valence-electron chi connectivity index (χ1n) is 3.75. The lowest BCUT2D eigenvalue weighted by Crippen LogP contribution is -2.20. The molecule has 0 rings (SSSR count). The summed E-state index contributed by atoms with van der Waals surface area (Å²) in [6.45, 7) is 0. The molecule has 3 nitrogen and oxygen atoms in total. The summed E-state index contributed by atoms with van der Waals surface area (Å²) >= 11 is 0. The Labute approximate surface area is 79.5 Å². The second-order valence-electron chi connectivity index (χ2n) is 2.40. The maximum atomic E-state index is 11.7. The van der Waals surface area contributed by atoms with Crippen LogP contribution in [0.3, 0.4) is 0 Å². The highest BCUT2D eigenvalue weighted by molar-refractivity contribution is 5.94. The van der Waals surface area contributed by atoms with Gasteiger partial charge in [0.2, 0.25) is 0 Å². The molecule has 0 aromatic heterocycles. The number of methoxy groups -OCH3 is 2. The van der Waals surface area contributed by atoms with Crippen molar-refractivity contribution in [3.8, 4) is 0 Å². The molecule has 0 saturated heterocycles. The molecular formula is C8H11F3O3. The van der Waals surface area contributed by atoms with E-state index in [0.717, 1.165) is 6.08 Å². The fourth-order valence-electron chi connectivity index (χ4n) is 0.669. The largest absolute Gasteiger partial charge is 0.454 e. The van der Waals surface area contributed by atoms with Crippen LogP contribution >= 0.6 is 0 Å². The Hall–Kier alpha value is -0.880. The van der Waals surface area contributed by atoms with Gasteiger partial charge in [0.25, 0.3) is 5.78 Å². The van der Waals surface area contributed by atoms with Gasteiger partial charge in [-0.2, -0.15) is 13.2 Å². The Balaban J connectivity index is 4.00. The van der Waals surface area contributed by atoms with Crippen LogP contribution in [0.1, 0.15) is 6.42 Å². The van der Waals surface area contributed by atoms with Gasteiger partial charge in [0, 0.05) is 20.6 Å². The summed E-state index contributed by atoms with van der Waals surface area (Å²) in [5, 5.41) is 0. The third-order valence-electron chi connectivity index (χ3n) is 1.40. The molecule has 0 unspecified atom stereocenters. The molecule has 0 aliphatic rings. The first-order chi connectivity index (χ1) is 6.41. The lowest BCUT2D eigenvalue weighted by molar-refractivity contribution is -0.165. The number of ketones is 1. The topological polar surface area (TPSA) is 35.5 Å². The summed E-state index contributed by atoms with van der Waals surface area (Å²) in [4.78, 5) is 10.3. The number of carbonyl (C=O) groups excluding carboxylic acids is 1. The van der Waals surface area contributed by atoms with E-state index in [2.05, 4.69) is 0 Å². The van der Waals surface area contributed by atoms with Crippen molar-refractivity contribution in [3.63, 3.8) is 0 Å². The molecule has 0 spiro atoms. The third kappa shape index (κ3) is 4.98. The van der Waals surface area contributed by atoms with Crippen LogP contribution < -0.4 is 0 Å². The highest BCUT2D eigenvalue weighted by Crippen LogP contribution is 2.16.